The number of halogens is 1. The van der Waals surface area contributed by atoms with E-state index in [2.05, 4.69) is 27.8 Å². The van der Waals surface area contributed by atoms with E-state index in [-0.39, 0.29) is 59.5 Å². The zero-order chi connectivity index (χ0) is 20.2. The molecule has 164 valence electrons. The predicted octanol–water partition coefficient (Wildman–Crippen LogP) is 1.78. The van der Waals surface area contributed by atoms with Crippen molar-refractivity contribution in [1.82, 2.24) is 15.5 Å². The molecular weight excluding hydrogens is 499 g/mol. The molecule has 4 unspecified atom stereocenters. The first kappa shape index (κ1) is 22.8. The van der Waals surface area contributed by atoms with E-state index in [0.29, 0.717) is 38.8 Å². The number of aliphatic imine (C=N–C) groups is 1. The molecule has 30 heavy (non-hydrogen) atoms. The van der Waals surface area contributed by atoms with Crippen molar-refractivity contribution in [1.29, 1.82) is 0 Å². The second-order valence-corrected chi connectivity index (χ2v) is 7.74. The van der Waals surface area contributed by atoms with Crippen LogP contribution in [-0.2, 0) is 20.9 Å². The van der Waals surface area contributed by atoms with Crippen molar-refractivity contribution in [3.8, 4) is 0 Å². The number of nitrogens with one attached hydrogen (secondary N) is 2. The zero-order valence-corrected chi connectivity index (χ0v) is 19.4. The van der Waals surface area contributed by atoms with Crippen LogP contribution in [0.15, 0.2) is 40.0 Å². The van der Waals surface area contributed by atoms with Crippen LogP contribution < -0.4 is 10.6 Å². The zero-order valence-electron chi connectivity index (χ0n) is 17.1. The minimum Gasteiger partial charge on any atom is -0.467 e. The molecule has 1 aromatic rings. The first-order valence-electron chi connectivity index (χ1n) is 10.3. The summed E-state index contributed by atoms with van der Waals surface area (Å²) in [5, 5.41) is 6.39. The van der Waals surface area contributed by atoms with Crippen LogP contribution in [0.4, 0.5) is 0 Å². The molecular formula is C21H29IN4O4. The van der Waals surface area contributed by atoms with Gasteiger partial charge in [-0.15, -0.1) is 24.0 Å². The topological polar surface area (TPSA) is 96.2 Å². The summed E-state index contributed by atoms with van der Waals surface area (Å²) in [5.74, 6) is 1.71. The number of furan rings is 1. The van der Waals surface area contributed by atoms with Crippen LogP contribution in [0.3, 0.4) is 0 Å². The molecule has 9 heteroatoms. The van der Waals surface area contributed by atoms with Gasteiger partial charge >= 0.3 is 0 Å². The maximum atomic E-state index is 12.7. The quantitative estimate of drug-likeness (QED) is 0.127. The number of rotatable bonds is 9. The van der Waals surface area contributed by atoms with Gasteiger partial charge in [-0.2, -0.15) is 0 Å². The van der Waals surface area contributed by atoms with E-state index in [4.69, 9.17) is 9.15 Å². The van der Waals surface area contributed by atoms with Crippen LogP contribution in [0.2, 0.25) is 0 Å². The van der Waals surface area contributed by atoms with Crippen molar-refractivity contribution in [2.45, 2.75) is 19.4 Å². The summed E-state index contributed by atoms with van der Waals surface area (Å²) >= 11 is 0. The van der Waals surface area contributed by atoms with Gasteiger partial charge in [-0.3, -0.25) is 19.5 Å². The van der Waals surface area contributed by atoms with Crippen LogP contribution in [0.5, 0.6) is 0 Å². The number of allylic oxidation sites excluding steroid dienone is 2. The number of fused-ring (bicyclic) bond motifs is 5. The van der Waals surface area contributed by atoms with E-state index >= 15 is 0 Å². The van der Waals surface area contributed by atoms with Gasteiger partial charge in [0.2, 0.25) is 11.8 Å². The maximum absolute atomic E-state index is 12.7. The van der Waals surface area contributed by atoms with Crippen LogP contribution in [0.1, 0.15) is 18.6 Å². The van der Waals surface area contributed by atoms with Gasteiger partial charge in [-0.1, -0.05) is 12.2 Å². The van der Waals surface area contributed by atoms with Gasteiger partial charge in [-0.05, 0) is 36.8 Å². The van der Waals surface area contributed by atoms with E-state index < -0.39 is 0 Å². The first-order chi connectivity index (χ1) is 14.2. The van der Waals surface area contributed by atoms with E-state index in [9.17, 15) is 9.59 Å². The Hall–Kier alpha value is -1.88. The normalized spacial score (nSPS) is 26.8. The van der Waals surface area contributed by atoms with Gasteiger partial charge < -0.3 is 19.8 Å². The molecule has 0 aromatic carbocycles. The smallest absolute Gasteiger partial charge is 0.233 e. The lowest BCUT2D eigenvalue weighted by atomic mass is 9.85. The number of carbonyl (C=O) groups is 2. The number of carbonyl (C=O) groups excluding carboxylic acids is 2. The Balaban J connectivity index is 0.00000256. The van der Waals surface area contributed by atoms with Crippen LogP contribution in [0, 0.1) is 23.7 Å². The monoisotopic (exact) mass is 528 g/mol. The van der Waals surface area contributed by atoms with E-state index in [1.54, 1.807) is 13.3 Å². The van der Waals surface area contributed by atoms with Crippen molar-refractivity contribution in [3.05, 3.63) is 36.3 Å². The number of likely N-dealkylation sites (tertiary alicyclic amines) is 1. The Labute approximate surface area is 193 Å². The molecule has 8 nitrogen and oxygen atoms in total. The van der Waals surface area contributed by atoms with Crippen molar-refractivity contribution >= 4 is 41.8 Å². The van der Waals surface area contributed by atoms with Gasteiger partial charge in [0.25, 0.3) is 0 Å². The van der Waals surface area contributed by atoms with Gasteiger partial charge in [0.15, 0.2) is 5.96 Å². The second kappa shape index (κ2) is 10.4. The number of ether oxygens (including phenoxy) is 1. The molecule has 2 N–H and O–H groups in total. The lowest BCUT2D eigenvalue weighted by Gasteiger charge is -2.18. The SMILES string of the molecule is CN=C(NCCCOCc1ccco1)NCCN1C(=O)C2C3C=CC(C3)C2C1=O.I. The Morgan fingerprint density at radius 1 is 1.20 bits per heavy atom. The molecule has 2 aliphatic carbocycles. The average Bonchev–Trinajstić information content (AvgIpc) is 3.50. The lowest BCUT2D eigenvalue weighted by Crippen LogP contribution is -2.44. The van der Waals surface area contributed by atoms with Crippen molar-refractivity contribution in [3.63, 3.8) is 0 Å². The fraction of sp³-hybridized carbons (Fsp3) is 0.571. The highest BCUT2D eigenvalue weighted by atomic mass is 127. The third-order valence-corrected chi connectivity index (χ3v) is 6.00. The fourth-order valence-electron chi connectivity index (χ4n) is 4.64. The van der Waals surface area contributed by atoms with E-state index in [1.165, 1.54) is 4.90 Å². The number of guanidine groups is 1. The first-order valence-corrected chi connectivity index (χ1v) is 10.3. The number of amides is 2. The molecule has 4 atom stereocenters. The third-order valence-electron chi connectivity index (χ3n) is 6.00. The number of imide groups is 1. The van der Waals surface area contributed by atoms with Gasteiger partial charge in [-0.25, -0.2) is 0 Å². The minimum atomic E-state index is -0.129. The molecule has 4 rings (SSSR count). The summed E-state index contributed by atoms with van der Waals surface area (Å²) in [6, 6.07) is 3.72. The summed E-state index contributed by atoms with van der Waals surface area (Å²) in [7, 11) is 1.70. The number of hydrogen-bond acceptors (Lipinski definition) is 5. The highest BCUT2D eigenvalue weighted by Crippen LogP contribution is 2.52. The fourth-order valence-corrected chi connectivity index (χ4v) is 4.64. The van der Waals surface area contributed by atoms with Crippen LogP contribution >= 0.6 is 24.0 Å². The van der Waals surface area contributed by atoms with Crippen molar-refractivity contribution in [2.75, 3.05) is 33.3 Å². The van der Waals surface area contributed by atoms with E-state index in [0.717, 1.165) is 18.6 Å². The van der Waals surface area contributed by atoms with Crippen LogP contribution in [-0.4, -0.2) is 56.0 Å². The Morgan fingerprint density at radius 2 is 1.90 bits per heavy atom. The molecule has 1 aromatic heterocycles. The molecule has 0 radical (unpaired) electrons. The second-order valence-electron chi connectivity index (χ2n) is 7.74. The standard InChI is InChI=1S/C21H28N4O4.HI/c1-22-21(23-7-3-10-28-13-16-4-2-11-29-16)24-8-9-25-19(26)17-14-5-6-15(12-14)18(17)20(25)27;/h2,4-6,11,14-15,17-18H,3,7-10,12-13H2,1H3,(H2,22,23,24);1H. The molecule has 2 amide bonds. The summed E-state index contributed by atoms with van der Waals surface area (Å²) in [4.78, 5) is 30.9. The largest absolute Gasteiger partial charge is 0.467 e. The summed E-state index contributed by atoms with van der Waals surface area (Å²) in [6.07, 6.45) is 7.64. The Morgan fingerprint density at radius 3 is 2.53 bits per heavy atom. The third kappa shape index (κ3) is 4.72. The molecule has 1 saturated heterocycles. The number of nitrogens with zero attached hydrogens (tertiary/aromatic N) is 2. The van der Waals surface area contributed by atoms with Crippen LogP contribution in [0.25, 0.3) is 0 Å². The van der Waals surface area contributed by atoms with Gasteiger partial charge in [0, 0.05) is 33.3 Å². The molecule has 1 saturated carbocycles. The highest BCUT2D eigenvalue weighted by molar-refractivity contribution is 14.0. The maximum Gasteiger partial charge on any atom is 0.233 e. The summed E-state index contributed by atoms with van der Waals surface area (Å²) in [6.45, 7) is 2.64. The Kier molecular flexibility index (Phi) is 7.93. The number of hydrogen-bond donors (Lipinski definition) is 2. The Bertz CT molecular complexity index is 765. The van der Waals surface area contributed by atoms with Gasteiger partial charge in [0.1, 0.15) is 12.4 Å². The molecule has 1 aliphatic heterocycles. The molecule has 2 heterocycles. The van der Waals surface area contributed by atoms with Gasteiger partial charge in [0.05, 0.1) is 18.1 Å². The summed E-state index contributed by atoms with van der Waals surface area (Å²) < 4.78 is 10.8. The molecule has 2 bridgehead atoms. The predicted molar refractivity (Wildman–Crippen MR) is 122 cm³/mol. The highest BCUT2D eigenvalue weighted by Gasteiger charge is 2.58. The molecule has 0 spiro atoms. The van der Waals surface area contributed by atoms with E-state index in [1.807, 2.05) is 12.1 Å². The van der Waals surface area contributed by atoms with Crippen molar-refractivity contribution < 1.29 is 18.7 Å². The minimum absolute atomic E-state index is 0. The average molecular weight is 528 g/mol. The van der Waals surface area contributed by atoms with Crippen molar-refractivity contribution in [2.24, 2.45) is 28.7 Å². The molecule has 2 fully saturated rings. The summed E-state index contributed by atoms with van der Waals surface area (Å²) in [5.41, 5.74) is 0. The lowest BCUT2D eigenvalue weighted by molar-refractivity contribution is -0.140. The molecule has 3 aliphatic rings.